The van der Waals surface area contributed by atoms with Crippen molar-refractivity contribution in [1.82, 2.24) is 10.5 Å². The molecule has 1 aromatic rings. The lowest BCUT2D eigenvalue weighted by molar-refractivity contribution is -0.114. The summed E-state index contributed by atoms with van der Waals surface area (Å²) in [5.74, 6) is 0.885. The molecular weight excluding hydrogens is 204 g/mol. The molecule has 1 saturated carbocycles. The zero-order chi connectivity index (χ0) is 11.6. The Morgan fingerprint density at radius 1 is 1.62 bits per heavy atom. The van der Waals surface area contributed by atoms with Crippen molar-refractivity contribution in [2.75, 3.05) is 6.61 Å². The van der Waals surface area contributed by atoms with Crippen LogP contribution in [0.4, 0.5) is 0 Å². The van der Waals surface area contributed by atoms with Gasteiger partial charge in [0.15, 0.2) is 0 Å². The lowest BCUT2D eigenvalue weighted by Gasteiger charge is -2.51. The first-order chi connectivity index (χ1) is 7.64. The quantitative estimate of drug-likeness (QED) is 0.830. The summed E-state index contributed by atoms with van der Waals surface area (Å²) in [7, 11) is 0. The predicted molar refractivity (Wildman–Crippen MR) is 60.9 cm³/mol. The summed E-state index contributed by atoms with van der Waals surface area (Å²) in [5, 5.41) is 7.17. The minimum atomic E-state index is 0.204. The van der Waals surface area contributed by atoms with E-state index in [1.54, 1.807) is 6.20 Å². The molecule has 2 rings (SSSR count). The van der Waals surface area contributed by atoms with Gasteiger partial charge in [-0.3, -0.25) is 0 Å². The second-order valence-electron chi connectivity index (χ2n) is 4.91. The molecule has 1 fully saturated rings. The second-order valence-corrected chi connectivity index (χ2v) is 4.91. The normalized spacial score (nSPS) is 27.7. The minimum absolute atomic E-state index is 0.204. The smallest absolute Gasteiger partial charge is 0.150 e. The van der Waals surface area contributed by atoms with Crippen LogP contribution in [-0.4, -0.2) is 23.9 Å². The van der Waals surface area contributed by atoms with E-state index in [0.717, 1.165) is 25.3 Å². The molecule has 0 radical (unpaired) electrons. The summed E-state index contributed by atoms with van der Waals surface area (Å²) < 4.78 is 10.7. The number of hydrogen-bond acceptors (Lipinski definition) is 4. The maximum absolute atomic E-state index is 5.68. The summed E-state index contributed by atoms with van der Waals surface area (Å²) in [6, 6.07) is 2.38. The van der Waals surface area contributed by atoms with Gasteiger partial charge in [0, 0.05) is 24.1 Å². The number of rotatable bonds is 5. The number of hydrogen-bond donors (Lipinski definition) is 1. The summed E-state index contributed by atoms with van der Waals surface area (Å²) >= 11 is 0. The average molecular weight is 224 g/mol. The molecule has 1 aliphatic carbocycles. The lowest BCUT2D eigenvalue weighted by Crippen LogP contribution is -2.60. The van der Waals surface area contributed by atoms with Crippen LogP contribution in [0.25, 0.3) is 0 Å². The molecule has 0 bridgehead atoms. The fourth-order valence-corrected chi connectivity index (χ4v) is 2.27. The Hall–Kier alpha value is -0.870. The van der Waals surface area contributed by atoms with Gasteiger partial charge in [-0.1, -0.05) is 19.0 Å². The van der Waals surface area contributed by atoms with Crippen LogP contribution < -0.4 is 5.32 Å². The van der Waals surface area contributed by atoms with E-state index in [2.05, 4.69) is 24.3 Å². The Balaban J connectivity index is 1.80. The van der Waals surface area contributed by atoms with Crippen molar-refractivity contribution in [3.8, 4) is 0 Å². The number of ether oxygens (including phenoxy) is 1. The Morgan fingerprint density at radius 2 is 2.44 bits per heavy atom. The van der Waals surface area contributed by atoms with Crippen LogP contribution in [0.3, 0.4) is 0 Å². The van der Waals surface area contributed by atoms with Crippen molar-refractivity contribution in [2.24, 2.45) is 5.41 Å². The lowest BCUT2D eigenvalue weighted by atomic mass is 9.64. The van der Waals surface area contributed by atoms with Crippen molar-refractivity contribution in [1.29, 1.82) is 0 Å². The van der Waals surface area contributed by atoms with Gasteiger partial charge in [-0.25, -0.2) is 0 Å². The van der Waals surface area contributed by atoms with Gasteiger partial charge in [-0.05, 0) is 13.3 Å². The number of nitrogens with one attached hydrogen (secondary N) is 1. The summed E-state index contributed by atoms with van der Waals surface area (Å²) in [6.07, 6.45) is 3.13. The van der Waals surface area contributed by atoms with Gasteiger partial charge in [0.05, 0.1) is 18.8 Å². The second kappa shape index (κ2) is 4.55. The molecule has 1 aliphatic rings. The SMILES string of the molecule is CCOC1CC(NCc2ccno2)C1(C)C. The highest BCUT2D eigenvalue weighted by Crippen LogP contribution is 2.42. The van der Waals surface area contributed by atoms with Crippen molar-refractivity contribution in [2.45, 2.75) is 45.9 Å². The number of nitrogens with zero attached hydrogens (tertiary/aromatic N) is 1. The van der Waals surface area contributed by atoms with Crippen LogP contribution in [0.5, 0.6) is 0 Å². The minimum Gasteiger partial charge on any atom is -0.378 e. The van der Waals surface area contributed by atoms with E-state index in [9.17, 15) is 0 Å². The first-order valence-electron chi connectivity index (χ1n) is 5.89. The third-order valence-electron chi connectivity index (χ3n) is 3.56. The van der Waals surface area contributed by atoms with Crippen LogP contribution in [0.1, 0.15) is 33.0 Å². The van der Waals surface area contributed by atoms with Gasteiger partial charge in [0.25, 0.3) is 0 Å². The van der Waals surface area contributed by atoms with Crippen molar-refractivity contribution < 1.29 is 9.26 Å². The van der Waals surface area contributed by atoms with Crippen LogP contribution in [0.2, 0.25) is 0 Å². The molecule has 2 atom stereocenters. The van der Waals surface area contributed by atoms with Gasteiger partial charge in [-0.2, -0.15) is 0 Å². The third-order valence-corrected chi connectivity index (χ3v) is 3.56. The summed E-state index contributed by atoms with van der Waals surface area (Å²) in [5.41, 5.74) is 0.204. The monoisotopic (exact) mass is 224 g/mol. The van der Waals surface area contributed by atoms with E-state index < -0.39 is 0 Å². The maximum atomic E-state index is 5.68. The summed E-state index contributed by atoms with van der Waals surface area (Å²) in [6.45, 7) is 8.07. The highest BCUT2D eigenvalue weighted by atomic mass is 16.5. The van der Waals surface area contributed by atoms with Crippen LogP contribution >= 0.6 is 0 Å². The molecule has 0 spiro atoms. The Labute approximate surface area is 96.3 Å². The molecule has 0 aromatic carbocycles. The Kier molecular flexibility index (Phi) is 3.30. The zero-order valence-corrected chi connectivity index (χ0v) is 10.2. The molecule has 1 aromatic heterocycles. The van der Waals surface area contributed by atoms with Gasteiger partial charge in [0.1, 0.15) is 5.76 Å². The standard InChI is InChI=1S/C12H20N2O2/c1-4-15-11-7-10(12(11,2)3)13-8-9-5-6-14-16-9/h5-6,10-11,13H,4,7-8H2,1-3H3. The molecule has 4 heteroatoms. The van der Waals surface area contributed by atoms with Gasteiger partial charge in [-0.15, -0.1) is 0 Å². The van der Waals surface area contributed by atoms with Crippen LogP contribution in [-0.2, 0) is 11.3 Å². The van der Waals surface area contributed by atoms with Crippen molar-refractivity contribution >= 4 is 0 Å². The highest BCUT2D eigenvalue weighted by Gasteiger charge is 2.48. The molecule has 0 aliphatic heterocycles. The largest absolute Gasteiger partial charge is 0.378 e. The van der Waals surface area contributed by atoms with Crippen LogP contribution in [0.15, 0.2) is 16.8 Å². The van der Waals surface area contributed by atoms with Crippen molar-refractivity contribution in [3.05, 3.63) is 18.0 Å². The molecule has 90 valence electrons. The summed E-state index contributed by atoms with van der Waals surface area (Å²) in [4.78, 5) is 0. The maximum Gasteiger partial charge on any atom is 0.150 e. The molecule has 4 nitrogen and oxygen atoms in total. The van der Waals surface area contributed by atoms with Gasteiger partial charge in [0.2, 0.25) is 0 Å². The van der Waals surface area contributed by atoms with E-state index in [4.69, 9.17) is 9.26 Å². The molecule has 0 saturated heterocycles. The molecule has 2 unspecified atom stereocenters. The molecular formula is C12H20N2O2. The van der Waals surface area contributed by atoms with E-state index in [-0.39, 0.29) is 5.41 Å². The molecule has 0 amide bonds. The van der Waals surface area contributed by atoms with E-state index >= 15 is 0 Å². The topological polar surface area (TPSA) is 47.3 Å². The Bertz CT molecular complexity index is 322. The van der Waals surface area contributed by atoms with Gasteiger partial charge >= 0.3 is 0 Å². The first-order valence-corrected chi connectivity index (χ1v) is 5.89. The average Bonchev–Trinajstić information content (AvgIpc) is 2.75. The third kappa shape index (κ3) is 2.13. The van der Waals surface area contributed by atoms with E-state index in [1.807, 2.05) is 13.0 Å². The zero-order valence-electron chi connectivity index (χ0n) is 10.2. The highest BCUT2D eigenvalue weighted by molar-refractivity contribution is 5.04. The van der Waals surface area contributed by atoms with E-state index in [1.165, 1.54) is 0 Å². The van der Waals surface area contributed by atoms with E-state index in [0.29, 0.717) is 12.1 Å². The predicted octanol–water partition coefficient (Wildman–Crippen LogP) is 1.97. The first kappa shape index (κ1) is 11.6. The number of aromatic nitrogens is 1. The van der Waals surface area contributed by atoms with Crippen LogP contribution in [0, 0.1) is 5.41 Å². The molecule has 1 N–H and O–H groups in total. The fourth-order valence-electron chi connectivity index (χ4n) is 2.27. The fraction of sp³-hybridized carbons (Fsp3) is 0.750. The molecule has 1 heterocycles. The Morgan fingerprint density at radius 3 is 3.00 bits per heavy atom. The van der Waals surface area contributed by atoms with Gasteiger partial charge < -0.3 is 14.6 Å². The molecule has 16 heavy (non-hydrogen) atoms. The van der Waals surface area contributed by atoms with Crippen molar-refractivity contribution in [3.63, 3.8) is 0 Å².